The largest absolute Gasteiger partial charge is 0.465 e. The molecular formula is C31H32N4O6. The zero-order valence-corrected chi connectivity index (χ0v) is 23.2. The summed E-state index contributed by atoms with van der Waals surface area (Å²) in [7, 11) is 1.25. The number of methoxy groups -OCH3 is 1. The van der Waals surface area contributed by atoms with Crippen molar-refractivity contribution in [2.45, 2.75) is 38.8 Å². The van der Waals surface area contributed by atoms with Crippen LogP contribution >= 0.6 is 0 Å². The number of aromatic nitrogens is 1. The van der Waals surface area contributed by atoms with Crippen molar-refractivity contribution < 1.29 is 28.7 Å². The van der Waals surface area contributed by atoms with Gasteiger partial charge in [-0.2, -0.15) is 0 Å². The number of amides is 3. The van der Waals surface area contributed by atoms with Crippen molar-refractivity contribution in [1.82, 2.24) is 10.3 Å². The van der Waals surface area contributed by atoms with Crippen LogP contribution in [0.1, 0.15) is 47.1 Å². The van der Waals surface area contributed by atoms with E-state index >= 15 is 0 Å². The first-order valence-electron chi connectivity index (χ1n) is 13.0. The lowest BCUT2D eigenvalue weighted by atomic mass is 10.0. The molecule has 0 spiro atoms. The topological polar surface area (TPSA) is 139 Å². The Balaban J connectivity index is 1.59. The Morgan fingerprint density at radius 1 is 0.829 bits per heavy atom. The summed E-state index contributed by atoms with van der Waals surface area (Å²) in [5.74, 6) is -1.70. The molecule has 1 aromatic heterocycles. The molecule has 0 unspecified atom stereocenters. The Morgan fingerprint density at radius 3 is 2.12 bits per heavy atom. The van der Waals surface area contributed by atoms with Crippen molar-refractivity contribution in [2.75, 3.05) is 17.7 Å². The molecular weight excluding hydrogens is 524 g/mol. The molecule has 0 saturated carbocycles. The fourth-order valence-corrected chi connectivity index (χ4v) is 4.26. The predicted octanol–water partition coefficient (Wildman–Crippen LogP) is 5.28. The second-order valence-electron chi connectivity index (χ2n) is 10.3. The Hall–Kier alpha value is -5.12. The number of fused-ring (bicyclic) bond motifs is 1. The number of rotatable bonds is 8. The standard InChI is InChI=1S/C31H32N4O6/c1-31(2,3)41-30(39)35-26(17-19-18-32-23-14-8-5-11-20(19)23)28(37)34-24-15-9-6-12-21(24)27(36)33-25-16-10-7-13-22(25)29(38)40-4/h5-16,18,26,32H,17H2,1-4H3,(H,33,36)(H,34,37)(H,35,39)/t26-/m1/s1. The SMILES string of the molecule is COC(=O)c1ccccc1NC(=O)c1ccccc1NC(=O)[C@@H](Cc1c[nH]c2ccccc12)NC(=O)OC(C)(C)C. The molecule has 4 aromatic rings. The molecule has 41 heavy (non-hydrogen) atoms. The van der Waals surface area contributed by atoms with Crippen molar-refractivity contribution in [2.24, 2.45) is 0 Å². The molecule has 0 radical (unpaired) electrons. The number of alkyl carbamates (subject to hydrolysis) is 1. The zero-order valence-electron chi connectivity index (χ0n) is 23.2. The summed E-state index contributed by atoms with van der Waals surface area (Å²) in [6.45, 7) is 5.19. The van der Waals surface area contributed by atoms with Crippen molar-refractivity contribution in [3.05, 3.63) is 95.7 Å². The molecule has 4 N–H and O–H groups in total. The van der Waals surface area contributed by atoms with Gasteiger partial charge in [0.1, 0.15) is 11.6 Å². The molecule has 3 aromatic carbocycles. The number of H-pyrrole nitrogens is 1. The van der Waals surface area contributed by atoms with Gasteiger partial charge in [0.25, 0.3) is 5.91 Å². The number of carbonyl (C=O) groups is 4. The lowest BCUT2D eigenvalue weighted by Crippen LogP contribution is -2.47. The number of nitrogens with one attached hydrogen (secondary N) is 4. The van der Waals surface area contributed by atoms with Gasteiger partial charge in [0.05, 0.1) is 29.6 Å². The number of esters is 1. The molecule has 0 aliphatic heterocycles. The molecule has 4 rings (SSSR count). The number of aromatic amines is 1. The lowest BCUT2D eigenvalue weighted by molar-refractivity contribution is -0.118. The summed E-state index contributed by atoms with van der Waals surface area (Å²) in [6, 6.07) is 19.5. The Kier molecular flexibility index (Phi) is 8.72. The molecule has 0 saturated heterocycles. The highest BCUT2D eigenvalue weighted by atomic mass is 16.6. The molecule has 0 fully saturated rings. The first-order chi connectivity index (χ1) is 19.6. The fourth-order valence-electron chi connectivity index (χ4n) is 4.26. The minimum atomic E-state index is -1.03. The summed E-state index contributed by atoms with van der Waals surface area (Å²) in [6.07, 6.45) is 1.21. The van der Waals surface area contributed by atoms with Crippen molar-refractivity contribution >= 4 is 46.2 Å². The van der Waals surface area contributed by atoms with E-state index in [2.05, 4.69) is 20.9 Å². The first kappa shape index (κ1) is 28.9. The van der Waals surface area contributed by atoms with E-state index in [0.29, 0.717) is 0 Å². The number of benzene rings is 3. The molecule has 1 heterocycles. The monoisotopic (exact) mass is 556 g/mol. The minimum Gasteiger partial charge on any atom is -0.465 e. The third-order valence-corrected chi connectivity index (χ3v) is 6.12. The molecule has 0 aliphatic carbocycles. The second-order valence-corrected chi connectivity index (χ2v) is 10.3. The number of para-hydroxylation sites is 3. The van der Waals surface area contributed by atoms with Crippen LogP contribution in [0.25, 0.3) is 10.9 Å². The van der Waals surface area contributed by atoms with Crippen molar-refractivity contribution in [3.8, 4) is 0 Å². The molecule has 10 nitrogen and oxygen atoms in total. The van der Waals surface area contributed by atoms with Gasteiger partial charge in [-0.05, 0) is 56.7 Å². The summed E-state index contributed by atoms with van der Waals surface area (Å²) in [5, 5.41) is 9.09. The number of hydrogen-bond acceptors (Lipinski definition) is 6. The average Bonchev–Trinajstić information content (AvgIpc) is 3.34. The summed E-state index contributed by atoms with van der Waals surface area (Å²) in [5.41, 5.74) is 1.77. The van der Waals surface area contributed by atoms with E-state index < -0.39 is 35.5 Å². The van der Waals surface area contributed by atoms with Gasteiger partial charge in [0.2, 0.25) is 5.91 Å². The average molecular weight is 557 g/mol. The van der Waals surface area contributed by atoms with E-state index in [-0.39, 0.29) is 28.9 Å². The van der Waals surface area contributed by atoms with Crippen LogP contribution in [0.2, 0.25) is 0 Å². The van der Waals surface area contributed by atoms with Crippen molar-refractivity contribution in [3.63, 3.8) is 0 Å². The maximum atomic E-state index is 13.6. The van der Waals surface area contributed by atoms with Crippen molar-refractivity contribution in [1.29, 1.82) is 0 Å². The zero-order chi connectivity index (χ0) is 29.6. The van der Waals surface area contributed by atoms with Gasteiger partial charge in [-0.15, -0.1) is 0 Å². The third kappa shape index (κ3) is 7.30. The normalized spacial score (nSPS) is 11.8. The van der Waals surface area contributed by atoms with Gasteiger partial charge in [-0.1, -0.05) is 42.5 Å². The molecule has 0 aliphatic rings. The highest BCUT2D eigenvalue weighted by Crippen LogP contribution is 2.23. The summed E-state index contributed by atoms with van der Waals surface area (Å²) in [4.78, 5) is 54.9. The van der Waals surface area contributed by atoms with Crippen LogP contribution in [0, 0.1) is 0 Å². The Morgan fingerprint density at radius 2 is 1.44 bits per heavy atom. The van der Waals surface area contributed by atoms with Crippen LogP contribution in [-0.4, -0.2) is 47.6 Å². The van der Waals surface area contributed by atoms with Gasteiger partial charge < -0.3 is 30.4 Å². The maximum absolute atomic E-state index is 13.6. The number of anilines is 2. The number of ether oxygens (including phenoxy) is 2. The van der Waals surface area contributed by atoms with E-state index in [4.69, 9.17) is 9.47 Å². The Bertz CT molecular complexity index is 1590. The molecule has 0 bridgehead atoms. The van der Waals surface area contributed by atoms with Crippen LogP contribution in [0.15, 0.2) is 79.0 Å². The molecule has 1 atom stereocenters. The Labute approximate surface area is 237 Å². The van der Waals surface area contributed by atoms with Gasteiger partial charge in [0, 0.05) is 23.5 Å². The highest BCUT2D eigenvalue weighted by Gasteiger charge is 2.27. The van der Waals surface area contributed by atoms with E-state index in [1.54, 1.807) is 69.4 Å². The quantitative estimate of drug-likeness (QED) is 0.218. The first-order valence-corrected chi connectivity index (χ1v) is 13.0. The van der Waals surface area contributed by atoms with Crippen LogP contribution < -0.4 is 16.0 Å². The van der Waals surface area contributed by atoms with E-state index in [0.717, 1.165) is 16.5 Å². The van der Waals surface area contributed by atoms with Crippen LogP contribution in [0.5, 0.6) is 0 Å². The fraction of sp³-hybridized carbons (Fsp3) is 0.226. The van der Waals surface area contributed by atoms with Gasteiger partial charge in [-0.25, -0.2) is 9.59 Å². The highest BCUT2D eigenvalue weighted by molar-refractivity contribution is 6.12. The molecule has 10 heteroatoms. The van der Waals surface area contributed by atoms with Gasteiger partial charge in [-0.3, -0.25) is 9.59 Å². The summed E-state index contributed by atoms with van der Waals surface area (Å²) >= 11 is 0. The van der Waals surface area contributed by atoms with Crippen LogP contribution in [0.3, 0.4) is 0 Å². The third-order valence-electron chi connectivity index (χ3n) is 6.12. The van der Waals surface area contributed by atoms with E-state index in [1.807, 2.05) is 24.3 Å². The van der Waals surface area contributed by atoms with Crippen LogP contribution in [-0.2, 0) is 20.7 Å². The van der Waals surface area contributed by atoms with Gasteiger partial charge in [0.15, 0.2) is 0 Å². The molecule has 212 valence electrons. The van der Waals surface area contributed by atoms with Gasteiger partial charge >= 0.3 is 12.1 Å². The van der Waals surface area contributed by atoms with E-state index in [9.17, 15) is 19.2 Å². The van der Waals surface area contributed by atoms with E-state index in [1.165, 1.54) is 13.2 Å². The maximum Gasteiger partial charge on any atom is 0.408 e. The number of carbonyl (C=O) groups excluding carboxylic acids is 4. The number of hydrogen-bond donors (Lipinski definition) is 4. The predicted molar refractivity (Wildman–Crippen MR) is 156 cm³/mol. The smallest absolute Gasteiger partial charge is 0.408 e. The second kappa shape index (κ2) is 12.4. The lowest BCUT2D eigenvalue weighted by Gasteiger charge is -2.23. The van der Waals surface area contributed by atoms with Crippen LogP contribution in [0.4, 0.5) is 16.2 Å². The summed E-state index contributed by atoms with van der Waals surface area (Å²) < 4.78 is 10.2. The minimum absolute atomic E-state index is 0.156. The molecule has 3 amide bonds.